The maximum Gasteiger partial charge on any atom is 0.274 e. The maximum atomic E-state index is 13.1. The van der Waals surface area contributed by atoms with E-state index in [-0.39, 0.29) is 11.4 Å². The number of rotatable bonds is 6. The van der Waals surface area contributed by atoms with Crippen molar-refractivity contribution in [1.29, 1.82) is 0 Å². The van der Waals surface area contributed by atoms with E-state index in [0.29, 0.717) is 5.92 Å². The number of hydrogen-bond donors (Lipinski definition) is 2. The van der Waals surface area contributed by atoms with Gasteiger partial charge in [0.15, 0.2) is 11.6 Å². The molecule has 0 spiro atoms. The van der Waals surface area contributed by atoms with Crippen LogP contribution in [0.3, 0.4) is 0 Å². The molecule has 1 aromatic heterocycles. The zero-order valence-corrected chi connectivity index (χ0v) is 13.1. The molecule has 0 atom stereocenters. The van der Waals surface area contributed by atoms with Crippen LogP contribution in [-0.4, -0.2) is 17.4 Å². The van der Waals surface area contributed by atoms with Gasteiger partial charge in [0.25, 0.3) is 5.91 Å². The molecule has 0 unspecified atom stereocenters. The summed E-state index contributed by atoms with van der Waals surface area (Å²) in [7, 11) is 0. The van der Waals surface area contributed by atoms with Crippen molar-refractivity contribution in [2.45, 2.75) is 20.3 Å². The Bertz CT molecular complexity index is 689. The molecule has 1 heterocycles. The standard InChI is InChI=1S/C17H19F2N3O/c1-11(2)5-7-20-12-6-8-21-16(10-12)17(23)22-13-3-4-14(18)15(19)9-13/h3-4,6,8-11H,5,7H2,1-2H3,(H,20,21)(H,22,23). The van der Waals surface area contributed by atoms with Gasteiger partial charge in [-0.3, -0.25) is 9.78 Å². The molecule has 0 aliphatic carbocycles. The number of nitrogens with one attached hydrogen (secondary N) is 2. The summed E-state index contributed by atoms with van der Waals surface area (Å²) in [6, 6.07) is 6.57. The van der Waals surface area contributed by atoms with E-state index < -0.39 is 17.5 Å². The largest absolute Gasteiger partial charge is 0.385 e. The molecular formula is C17H19F2N3O. The molecule has 4 nitrogen and oxygen atoms in total. The number of anilines is 2. The molecule has 6 heteroatoms. The molecule has 122 valence electrons. The number of carbonyl (C=O) groups is 1. The minimum atomic E-state index is -1.01. The van der Waals surface area contributed by atoms with E-state index in [1.54, 1.807) is 12.1 Å². The fourth-order valence-electron chi connectivity index (χ4n) is 1.94. The first-order chi connectivity index (χ1) is 11.0. The number of benzene rings is 1. The molecule has 0 bridgehead atoms. The highest BCUT2D eigenvalue weighted by molar-refractivity contribution is 6.03. The normalized spacial score (nSPS) is 10.7. The van der Waals surface area contributed by atoms with Crippen molar-refractivity contribution in [2.75, 3.05) is 17.2 Å². The zero-order valence-electron chi connectivity index (χ0n) is 13.1. The number of pyridine rings is 1. The lowest BCUT2D eigenvalue weighted by Crippen LogP contribution is -2.14. The summed E-state index contributed by atoms with van der Waals surface area (Å²) in [4.78, 5) is 16.1. The Balaban J connectivity index is 2.02. The highest BCUT2D eigenvalue weighted by atomic mass is 19.2. The molecule has 23 heavy (non-hydrogen) atoms. The number of nitrogens with zero attached hydrogens (tertiary/aromatic N) is 1. The summed E-state index contributed by atoms with van der Waals surface area (Å²) >= 11 is 0. The molecule has 0 saturated carbocycles. The van der Waals surface area contributed by atoms with Gasteiger partial charge in [0, 0.05) is 30.2 Å². The highest BCUT2D eigenvalue weighted by Gasteiger charge is 2.10. The molecule has 0 aliphatic heterocycles. The van der Waals surface area contributed by atoms with Crippen molar-refractivity contribution in [3.63, 3.8) is 0 Å². The highest BCUT2D eigenvalue weighted by Crippen LogP contribution is 2.15. The van der Waals surface area contributed by atoms with Crippen LogP contribution in [0.4, 0.5) is 20.2 Å². The maximum absolute atomic E-state index is 13.1. The lowest BCUT2D eigenvalue weighted by atomic mass is 10.1. The van der Waals surface area contributed by atoms with Crippen LogP contribution in [0, 0.1) is 17.6 Å². The SMILES string of the molecule is CC(C)CCNc1ccnc(C(=O)Nc2ccc(F)c(F)c2)c1. The topological polar surface area (TPSA) is 54.0 Å². The third-order valence-corrected chi connectivity index (χ3v) is 3.22. The van der Waals surface area contributed by atoms with Crippen LogP contribution < -0.4 is 10.6 Å². The summed E-state index contributed by atoms with van der Waals surface area (Å²) < 4.78 is 26.0. The van der Waals surface area contributed by atoms with Gasteiger partial charge in [-0.15, -0.1) is 0 Å². The Kier molecular flexibility index (Phi) is 5.62. The number of aromatic nitrogens is 1. The summed E-state index contributed by atoms with van der Waals surface area (Å²) in [5, 5.41) is 5.71. The van der Waals surface area contributed by atoms with Crippen LogP contribution in [-0.2, 0) is 0 Å². The number of carbonyl (C=O) groups excluding carboxylic acids is 1. The lowest BCUT2D eigenvalue weighted by Gasteiger charge is -2.10. The Morgan fingerprint density at radius 1 is 1.13 bits per heavy atom. The molecule has 2 rings (SSSR count). The molecule has 0 radical (unpaired) electrons. The van der Waals surface area contributed by atoms with Crippen molar-refractivity contribution < 1.29 is 13.6 Å². The monoisotopic (exact) mass is 319 g/mol. The second-order valence-electron chi connectivity index (χ2n) is 5.62. The molecule has 1 aromatic carbocycles. The van der Waals surface area contributed by atoms with Gasteiger partial charge in [-0.05, 0) is 36.6 Å². The van der Waals surface area contributed by atoms with Crippen LogP contribution >= 0.6 is 0 Å². The Labute approximate surface area is 133 Å². The van der Waals surface area contributed by atoms with Crippen molar-refractivity contribution in [3.05, 3.63) is 53.9 Å². The summed E-state index contributed by atoms with van der Waals surface area (Å²) in [6.45, 7) is 5.07. The first-order valence-electron chi connectivity index (χ1n) is 7.42. The predicted octanol–water partition coefficient (Wildman–Crippen LogP) is 4.07. The van der Waals surface area contributed by atoms with Gasteiger partial charge >= 0.3 is 0 Å². The molecule has 0 saturated heterocycles. The number of amides is 1. The van der Waals surface area contributed by atoms with Gasteiger partial charge in [-0.1, -0.05) is 13.8 Å². The Morgan fingerprint density at radius 3 is 2.61 bits per heavy atom. The van der Waals surface area contributed by atoms with E-state index in [0.717, 1.165) is 30.8 Å². The van der Waals surface area contributed by atoms with Crippen LogP contribution in [0.1, 0.15) is 30.8 Å². The fourth-order valence-corrected chi connectivity index (χ4v) is 1.94. The van der Waals surface area contributed by atoms with E-state index >= 15 is 0 Å². The lowest BCUT2D eigenvalue weighted by molar-refractivity contribution is 0.102. The number of hydrogen-bond acceptors (Lipinski definition) is 3. The fraction of sp³-hybridized carbons (Fsp3) is 0.294. The second-order valence-corrected chi connectivity index (χ2v) is 5.62. The van der Waals surface area contributed by atoms with Gasteiger partial charge in [0.05, 0.1) is 0 Å². The predicted molar refractivity (Wildman–Crippen MR) is 86.5 cm³/mol. The number of halogens is 2. The zero-order chi connectivity index (χ0) is 16.8. The van der Waals surface area contributed by atoms with Crippen LogP contribution in [0.2, 0.25) is 0 Å². The third-order valence-electron chi connectivity index (χ3n) is 3.22. The minimum absolute atomic E-state index is 0.175. The van der Waals surface area contributed by atoms with E-state index in [1.807, 2.05) is 0 Å². The Hall–Kier alpha value is -2.50. The van der Waals surface area contributed by atoms with Crippen LogP contribution in [0.5, 0.6) is 0 Å². The van der Waals surface area contributed by atoms with Crippen molar-refractivity contribution in [1.82, 2.24) is 4.98 Å². The van der Waals surface area contributed by atoms with Crippen LogP contribution in [0.25, 0.3) is 0 Å². The van der Waals surface area contributed by atoms with Crippen LogP contribution in [0.15, 0.2) is 36.5 Å². The van der Waals surface area contributed by atoms with Gasteiger partial charge in [-0.2, -0.15) is 0 Å². The smallest absolute Gasteiger partial charge is 0.274 e. The summed E-state index contributed by atoms with van der Waals surface area (Å²) in [6.07, 6.45) is 2.54. The van der Waals surface area contributed by atoms with E-state index in [2.05, 4.69) is 29.5 Å². The molecule has 0 fully saturated rings. The van der Waals surface area contributed by atoms with E-state index in [1.165, 1.54) is 12.3 Å². The summed E-state index contributed by atoms with van der Waals surface area (Å²) in [5.74, 6) is -1.87. The van der Waals surface area contributed by atoms with E-state index in [9.17, 15) is 13.6 Å². The van der Waals surface area contributed by atoms with Crippen molar-refractivity contribution >= 4 is 17.3 Å². The molecule has 0 aliphatic rings. The molecule has 1 amide bonds. The minimum Gasteiger partial charge on any atom is -0.385 e. The molecule has 2 aromatic rings. The average molecular weight is 319 g/mol. The van der Waals surface area contributed by atoms with Gasteiger partial charge in [0.1, 0.15) is 5.69 Å². The van der Waals surface area contributed by atoms with Crippen molar-refractivity contribution in [3.8, 4) is 0 Å². The third kappa shape index (κ3) is 5.02. The quantitative estimate of drug-likeness (QED) is 0.844. The molecule has 2 N–H and O–H groups in total. The van der Waals surface area contributed by atoms with Gasteiger partial charge in [0.2, 0.25) is 0 Å². The second kappa shape index (κ2) is 7.67. The first-order valence-corrected chi connectivity index (χ1v) is 7.42. The van der Waals surface area contributed by atoms with Gasteiger partial charge in [-0.25, -0.2) is 8.78 Å². The van der Waals surface area contributed by atoms with Gasteiger partial charge < -0.3 is 10.6 Å². The molecular weight excluding hydrogens is 300 g/mol. The summed E-state index contributed by atoms with van der Waals surface area (Å²) in [5.41, 5.74) is 1.16. The first kappa shape index (κ1) is 16.9. The van der Waals surface area contributed by atoms with Crippen molar-refractivity contribution in [2.24, 2.45) is 5.92 Å². The Morgan fingerprint density at radius 2 is 1.91 bits per heavy atom. The van der Waals surface area contributed by atoms with E-state index in [4.69, 9.17) is 0 Å². The average Bonchev–Trinajstić information content (AvgIpc) is 2.51.